The van der Waals surface area contributed by atoms with Crippen LogP contribution in [0.25, 0.3) is 0 Å². The van der Waals surface area contributed by atoms with Crippen molar-refractivity contribution in [3.8, 4) is 5.75 Å². The second kappa shape index (κ2) is 7.02. The van der Waals surface area contributed by atoms with Crippen LogP contribution in [0, 0.1) is 5.92 Å². The van der Waals surface area contributed by atoms with E-state index in [1.807, 2.05) is 29.2 Å². The Bertz CT molecular complexity index is 583. The van der Waals surface area contributed by atoms with Crippen molar-refractivity contribution in [1.82, 2.24) is 10.2 Å². The Morgan fingerprint density at radius 2 is 2.13 bits per heavy atom. The van der Waals surface area contributed by atoms with Gasteiger partial charge in [-0.3, -0.25) is 9.59 Å². The number of carbonyl (C=O) groups is 2. The van der Waals surface area contributed by atoms with Crippen LogP contribution in [0.15, 0.2) is 24.3 Å². The van der Waals surface area contributed by atoms with Crippen LogP contribution in [0.1, 0.15) is 31.2 Å². The van der Waals surface area contributed by atoms with Crippen molar-refractivity contribution in [2.45, 2.75) is 38.1 Å². The number of para-hydroxylation sites is 1. The van der Waals surface area contributed by atoms with Crippen molar-refractivity contribution in [1.29, 1.82) is 0 Å². The van der Waals surface area contributed by atoms with Crippen LogP contribution < -0.4 is 10.1 Å². The molecule has 3 rings (SSSR count). The molecule has 1 heterocycles. The number of benzene rings is 1. The first-order chi connectivity index (χ1) is 11.2. The minimum atomic E-state index is -0.194. The zero-order valence-corrected chi connectivity index (χ0v) is 13.6. The summed E-state index contributed by atoms with van der Waals surface area (Å²) >= 11 is 0. The number of nitrogens with zero attached hydrogens (tertiary/aromatic N) is 1. The first-order valence-corrected chi connectivity index (χ1v) is 8.38. The average Bonchev–Trinajstić information content (AvgIpc) is 2.88. The van der Waals surface area contributed by atoms with Gasteiger partial charge in [-0.25, -0.2) is 0 Å². The number of carbonyl (C=O) groups excluding carboxylic acids is 2. The molecule has 1 saturated carbocycles. The fraction of sp³-hybridized carbons (Fsp3) is 0.556. The normalized spacial score (nSPS) is 21.2. The number of amides is 2. The summed E-state index contributed by atoms with van der Waals surface area (Å²) in [5.41, 5.74) is 1.08. The fourth-order valence-electron chi connectivity index (χ4n) is 3.33. The number of hydrogen-bond acceptors (Lipinski definition) is 3. The molecule has 23 heavy (non-hydrogen) atoms. The van der Waals surface area contributed by atoms with Crippen molar-refractivity contribution in [2.75, 3.05) is 20.2 Å². The molecule has 124 valence electrons. The molecule has 0 aromatic heterocycles. The summed E-state index contributed by atoms with van der Waals surface area (Å²) in [4.78, 5) is 26.2. The van der Waals surface area contributed by atoms with Crippen LogP contribution in [-0.2, 0) is 16.0 Å². The van der Waals surface area contributed by atoms with Crippen LogP contribution in [0.5, 0.6) is 5.75 Å². The minimum absolute atomic E-state index is 0.00456. The van der Waals surface area contributed by atoms with E-state index in [-0.39, 0.29) is 17.7 Å². The van der Waals surface area contributed by atoms with Crippen LogP contribution in [0.4, 0.5) is 0 Å². The van der Waals surface area contributed by atoms with Gasteiger partial charge in [0.1, 0.15) is 5.75 Å². The molecule has 0 radical (unpaired) electrons. The first-order valence-electron chi connectivity index (χ1n) is 8.38. The molecule has 5 nitrogen and oxygen atoms in total. The number of hydrogen-bond donors (Lipinski definition) is 1. The highest BCUT2D eigenvalue weighted by Gasteiger charge is 2.39. The standard InChI is InChI=1S/C18H24N2O3/c1-23-16-8-3-2-5-13(16)9-10-19-18(22)14-11-17(21)20(12-14)15-6-4-7-15/h2-3,5,8,14-15H,4,6-7,9-12H2,1H3,(H,19,22). The number of likely N-dealkylation sites (tertiary alicyclic amines) is 1. The van der Waals surface area contributed by atoms with Crippen molar-refractivity contribution < 1.29 is 14.3 Å². The summed E-state index contributed by atoms with van der Waals surface area (Å²) in [5.74, 6) is 0.782. The quantitative estimate of drug-likeness (QED) is 0.870. The molecular weight excluding hydrogens is 292 g/mol. The lowest BCUT2D eigenvalue weighted by Gasteiger charge is -2.34. The summed E-state index contributed by atoms with van der Waals surface area (Å²) in [6, 6.07) is 8.20. The van der Waals surface area contributed by atoms with Crippen LogP contribution in [0.3, 0.4) is 0 Å². The Morgan fingerprint density at radius 3 is 2.83 bits per heavy atom. The second-order valence-electron chi connectivity index (χ2n) is 6.38. The molecule has 1 saturated heterocycles. The number of nitrogens with one attached hydrogen (secondary N) is 1. The van der Waals surface area contributed by atoms with Gasteiger partial charge in [-0.1, -0.05) is 18.2 Å². The molecule has 1 atom stereocenters. The number of ether oxygens (including phenoxy) is 1. The maximum absolute atomic E-state index is 12.3. The monoisotopic (exact) mass is 316 g/mol. The zero-order chi connectivity index (χ0) is 16.2. The smallest absolute Gasteiger partial charge is 0.225 e. The van der Waals surface area contributed by atoms with Crippen molar-refractivity contribution in [2.24, 2.45) is 5.92 Å². The van der Waals surface area contributed by atoms with Gasteiger partial charge in [-0.15, -0.1) is 0 Å². The highest BCUT2D eigenvalue weighted by atomic mass is 16.5. The third kappa shape index (κ3) is 3.49. The van der Waals surface area contributed by atoms with E-state index >= 15 is 0 Å². The van der Waals surface area contributed by atoms with E-state index in [1.54, 1.807) is 7.11 Å². The lowest BCUT2D eigenvalue weighted by molar-refractivity contribution is -0.131. The van der Waals surface area contributed by atoms with Gasteiger partial charge in [0.05, 0.1) is 13.0 Å². The van der Waals surface area contributed by atoms with Gasteiger partial charge in [-0.2, -0.15) is 0 Å². The van der Waals surface area contributed by atoms with Gasteiger partial charge in [0, 0.05) is 25.6 Å². The molecule has 2 amide bonds. The van der Waals surface area contributed by atoms with Gasteiger partial charge >= 0.3 is 0 Å². The predicted molar refractivity (Wildman–Crippen MR) is 87.2 cm³/mol. The zero-order valence-electron chi connectivity index (χ0n) is 13.6. The van der Waals surface area contributed by atoms with Crippen LogP contribution >= 0.6 is 0 Å². The molecule has 2 fully saturated rings. The second-order valence-corrected chi connectivity index (χ2v) is 6.38. The molecule has 1 aliphatic carbocycles. The lowest BCUT2D eigenvalue weighted by atomic mass is 9.92. The molecular formula is C18H24N2O3. The highest BCUT2D eigenvalue weighted by molar-refractivity contribution is 5.89. The Hall–Kier alpha value is -2.04. The average molecular weight is 316 g/mol. The molecule has 2 aliphatic rings. The summed E-state index contributed by atoms with van der Waals surface area (Å²) in [6.45, 7) is 1.15. The molecule has 0 spiro atoms. The largest absolute Gasteiger partial charge is 0.496 e. The lowest BCUT2D eigenvalue weighted by Crippen LogP contribution is -2.42. The summed E-state index contributed by atoms with van der Waals surface area (Å²) in [7, 11) is 1.65. The third-order valence-electron chi connectivity index (χ3n) is 4.93. The van der Waals surface area contributed by atoms with E-state index in [0.717, 1.165) is 30.6 Å². The molecule has 1 unspecified atom stereocenters. The SMILES string of the molecule is COc1ccccc1CCNC(=O)C1CC(=O)N(C2CCC2)C1. The fourth-order valence-corrected chi connectivity index (χ4v) is 3.33. The predicted octanol–water partition coefficient (Wildman–Crippen LogP) is 1.75. The van der Waals surface area contributed by atoms with Crippen molar-refractivity contribution in [3.05, 3.63) is 29.8 Å². The number of rotatable bonds is 6. The van der Waals surface area contributed by atoms with Crippen molar-refractivity contribution in [3.63, 3.8) is 0 Å². The molecule has 1 N–H and O–H groups in total. The van der Waals surface area contributed by atoms with Gasteiger partial charge in [0.25, 0.3) is 0 Å². The Balaban J connectivity index is 1.47. The van der Waals surface area contributed by atoms with Gasteiger partial charge < -0.3 is 15.0 Å². The van der Waals surface area contributed by atoms with Gasteiger partial charge in [0.2, 0.25) is 11.8 Å². The molecule has 1 aliphatic heterocycles. The molecule has 0 bridgehead atoms. The van der Waals surface area contributed by atoms with E-state index in [0.29, 0.717) is 25.6 Å². The van der Waals surface area contributed by atoms with E-state index < -0.39 is 0 Å². The van der Waals surface area contributed by atoms with Crippen LogP contribution in [0.2, 0.25) is 0 Å². The minimum Gasteiger partial charge on any atom is -0.496 e. The van der Waals surface area contributed by atoms with E-state index in [2.05, 4.69) is 5.32 Å². The molecule has 1 aromatic carbocycles. The maximum atomic E-state index is 12.3. The van der Waals surface area contributed by atoms with E-state index in [9.17, 15) is 9.59 Å². The first kappa shape index (κ1) is 15.8. The topological polar surface area (TPSA) is 58.6 Å². The molecule has 1 aromatic rings. The van der Waals surface area contributed by atoms with E-state index in [1.165, 1.54) is 6.42 Å². The van der Waals surface area contributed by atoms with Gasteiger partial charge in [-0.05, 0) is 37.3 Å². The Kier molecular flexibility index (Phi) is 4.84. The van der Waals surface area contributed by atoms with Crippen LogP contribution in [-0.4, -0.2) is 43.0 Å². The summed E-state index contributed by atoms with van der Waals surface area (Å²) in [6.07, 6.45) is 4.46. The van der Waals surface area contributed by atoms with Gasteiger partial charge in [0.15, 0.2) is 0 Å². The number of methoxy groups -OCH3 is 1. The van der Waals surface area contributed by atoms with Crippen molar-refractivity contribution >= 4 is 11.8 Å². The van der Waals surface area contributed by atoms with E-state index in [4.69, 9.17) is 4.74 Å². The maximum Gasteiger partial charge on any atom is 0.225 e. The Labute approximate surface area is 137 Å². The summed E-state index contributed by atoms with van der Waals surface area (Å²) in [5, 5.41) is 2.97. The highest BCUT2D eigenvalue weighted by Crippen LogP contribution is 2.30. The third-order valence-corrected chi connectivity index (χ3v) is 4.93. The molecule has 5 heteroatoms. The summed E-state index contributed by atoms with van der Waals surface area (Å²) < 4.78 is 5.31. The Morgan fingerprint density at radius 1 is 1.35 bits per heavy atom.